The minimum absolute atomic E-state index is 0.0607. The number of amides is 2. The van der Waals surface area contributed by atoms with Gasteiger partial charge >= 0.3 is 0 Å². The third-order valence-electron chi connectivity index (χ3n) is 7.51. The number of hydrogen-bond acceptors (Lipinski definition) is 5. The van der Waals surface area contributed by atoms with Crippen LogP contribution in [0.5, 0.6) is 0 Å². The molecule has 2 unspecified atom stereocenters. The van der Waals surface area contributed by atoms with Gasteiger partial charge in [-0.1, -0.05) is 13.8 Å². The minimum atomic E-state index is -0.525. The van der Waals surface area contributed by atoms with E-state index in [-0.39, 0.29) is 35.1 Å². The van der Waals surface area contributed by atoms with Crippen LogP contribution in [0.1, 0.15) is 77.1 Å². The van der Waals surface area contributed by atoms with Gasteiger partial charge in [0.25, 0.3) is 5.91 Å². The molecule has 0 aliphatic heterocycles. The van der Waals surface area contributed by atoms with Gasteiger partial charge in [0.05, 0.1) is 17.3 Å². The number of thioether (sulfide) groups is 1. The molecule has 0 radical (unpaired) electrons. The highest BCUT2D eigenvalue weighted by Gasteiger charge is 2.55. The Kier molecular flexibility index (Phi) is 6.71. The van der Waals surface area contributed by atoms with Gasteiger partial charge in [-0.15, -0.1) is 11.8 Å². The number of nitrogens with zero attached hydrogens (tertiary/aromatic N) is 2. The number of nitrogens with one attached hydrogen (secondary N) is 2. The van der Waals surface area contributed by atoms with Gasteiger partial charge in [0.2, 0.25) is 5.91 Å². The fourth-order valence-electron chi connectivity index (χ4n) is 6.56. The van der Waals surface area contributed by atoms with Crippen molar-refractivity contribution in [3.05, 3.63) is 17.8 Å². The topological polar surface area (TPSA) is 96.2 Å². The van der Waals surface area contributed by atoms with Crippen molar-refractivity contribution in [2.75, 3.05) is 6.61 Å². The van der Waals surface area contributed by atoms with Crippen molar-refractivity contribution < 1.29 is 14.7 Å². The smallest absolute Gasteiger partial charge is 0.255 e. The maximum atomic E-state index is 13.4. The Hall–Kier alpha value is -1.80. The van der Waals surface area contributed by atoms with Crippen molar-refractivity contribution in [3.8, 4) is 0 Å². The number of carbonyl (C=O) groups is 2. The van der Waals surface area contributed by atoms with Crippen LogP contribution in [0.2, 0.25) is 0 Å². The predicted octanol–water partition coefficient (Wildman–Crippen LogP) is 3.69. The fraction of sp³-hybridized carbons (Fsp3) is 0.720. The van der Waals surface area contributed by atoms with E-state index < -0.39 is 5.54 Å². The Morgan fingerprint density at radius 2 is 1.97 bits per heavy atom. The van der Waals surface area contributed by atoms with E-state index >= 15 is 0 Å². The lowest BCUT2D eigenvalue weighted by Crippen LogP contribution is -2.60. The maximum Gasteiger partial charge on any atom is 0.255 e. The highest BCUT2D eigenvalue weighted by molar-refractivity contribution is 7.99. The molecule has 1 aromatic rings. The van der Waals surface area contributed by atoms with E-state index in [9.17, 15) is 14.7 Å². The fourth-order valence-corrected chi connectivity index (χ4v) is 7.49. The molecule has 4 fully saturated rings. The van der Waals surface area contributed by atoms with E-state index in [0.29, 0.717) is 23.3 Å². The standard InChI is InChI=1S/C25H38N4O3S/c1-15(2)33-23-20(13-26-29(23)7-6-24(4,5)28-16(3)31)22(32)27-21-18-8-17-9-19(21)12-25(10-17,11-18)14-30/h6-7,13,15,17-19,21,30H,8-12,14H2,1-5H3,(H,27,32)(H,28,31). The van der Waals surface area contributed by atoms with Crippen LogP contribution in [0.3, 0.4) is 0 Å². The lowest BCUT2D eigenvalue weighted by molar-refractivity contribution is -0.120. The van der Waals surface area contributed by atoms with Crippen LogP contribution in [-0.4, -0.2) is 50.1 Å². The normalized spacial score (nSPS) is 30.9. The Morgan fingerprint density at radius 3 is 2.55 bits per heavy atom. The first-order valence-corrected chi connectivity index (χ1v) is 13.0. The molecule has 182 valence electrons. The zero-order chi connectivity index (χ0) is 24.0. The molecular formula is C25H38N4O3S. The van der Waals surface area contributed by atoms with Crippen molar-refractivity contribution in [2.45, 2.75) is 88.6 Å². The van der Waals surface area contributed by atoms with Gasteiger partial charge in [-0.05, 0) is 75.2 Å². The van der Waals surface area contributed by atoms with Gasteiger partial charge in [-0.25, -0.2) is 4.68 Å². The Labute approximate surface area is 201 Å². The molecule has 2 atom stereocenters. The summed E-state index contributed by atoms with van der Waals surface area (Å²) in [6.07, 6.45) is 10.9. The summed E-state index contributed by atoms with van der Waals surface area (Å²) in [5.74, 6) is 1.47. The van der Waals surface area contributed by atoms with Crippen LogP contribution in [0.25, 0.3) is 6.20 Å². The van der Waals surface area contributed by atoms with Crippen LogP contribution in [-0.2, 0) is 4.79 Å². The second-order valence-electron chi connectivity index (χ2n) is 11.3. The lowest BCUT2D eigenvalue weighted by atomic mass is 9.48. The first-order chi connectivity index (χ1) is 15.5. The summed E-state index contributed by atoms with van der Waals surface area (Å²) >= 11 is 1.61. The molecule has 7 nitrogen and oxygen atoms in total. The van der Waals surface area contributed by atoms with E-state index in [1.165, 1.54) is 6.92 Å². The van der Waals surface area contributed by atoms with Crippen LogP contribution in [0, 0.1) is 23.2 Å². The zero-order valence-electron chi connectivity index (χ0n) is 20.4. The summed E-state index contributed by atoms with van der Waals surface area (Å²) in [4.78, 5) is 24.9. The molecule has 4 aliphatic carbocycles. The van der Waals surface area contributed by atoms with E-state index in [4.69, 9.17) is 0 Å². The summed E-state index contributed by atoms with van der Waals surface area (Å²) < 4.78 is 1.74. The maximum absolute atomic E-state index is 13.4. The van der Waals surface area contributed by atoms with E-state index in [2.05, 4.69) is 29.6 Å². The van der Waals surface area contributed by atoms with E-state index in [1.807, 2.05) is 26.1 Å². The van der Waals surface area contributed by atoms with Gasteiger partial charge in [0.15, 0.2) is 0 Å². The Bertz CT molecular complexity index is 922. The van der Waals surface area contributed by atoms with Crippen molar-refractivity contribution in [1.29, 1.82) is 0 Å². The molecule has 8 heteroatoms. The molecule has 1 heterocycles. The molecule has 4 aliphatic rings. The molecule has 0 spiro atoms. The average Bonchev–Trinajstić information content (AvgIpc) is 3.09. The number of aliphatic hydroxyl groups is 1. The van der Waals surface area contributed by atoms with Crippen LogP contribution < -0.4 is 10.6 Å². The van der Waals surface area contributed by atoms with Gasteiger partial charge in [0, 0.05) is 31.0 Å². The Morgan fingerprint density at radius 1 is 1.30 bits per heavy atom. The number of carbonyl (C=O) groups excluding carboxylic acids is 2. The van der Waals surface area contributed by atoms with Crippen molar-refractivity contribution >= 4 is 29.8 Å². The molecule has 33 heavy (non-hydrogen) atoms. The Balaban J connectivity index is 1.53. The first kappa shape index (κ1) is 24.3. The van der Waals surface area contributed by atoms with Gasteiger partial charge < -0.3 is 15.7 Å². The predicted molar refractivity (Wildman–Crippen MR) is 131 cm³/mol. The van der Waals surface area contributed by atoms with Gasteiger partial charge in [-0.3, -0.25) is 9.59 Å². The van der Waals surface area contributed by atoms with Crippen LogP contribution >= 0.6 is 11.8 Å². The van der Waals surface area contributed by atoms with Crippen molar-refractivity contribution in [2.24, 2.45) is 23.2 Å². The zero-order valence-corrected chi connectivity index (χ0v) is 21.2. The second kappa shape index (κ2) is 9.10. The highest BCUT2D eigenvalue weighted by atomic mass is 32.2. The molecule has 0 saturated heterocycles. The first-order valence-electron chi connectivity index (χ1n) is 12.1. The number of aliphatic hydroxyl groups excluding tert-OH is 1. The van der Waals surface area contributed by atoms with Crippen molar-refractivity contribution in [1.82, 2.24) is 20.4 Å². The number of aromatic nitrogens is 2. The van der Waals surface area contributed by atoms with Crippen molar-refractivity contribution in [3.63, 3.8) is 0 Å². The van der Waals surface area contributed by atoms with E-state index in [0.717, 1.165) is 37.1 Å². The van der Waals surface area contributed by atoms with Crippen LogP contribution in [0.4, 0.5) is 0 Å². The molecule has 1 aromatic heterocycles. The summed E-state index contributed by atoms with van der Waals surface area (Å²) in [6.45, 7) is 9.81. The van der Waals surface area contributed by atoms with Gasteiger partial charge in [0.1, 0.15) is 5.03 Å². The minimum Gasteiger partial charge on any atom is -0.396 e. The molecule has 4 saturated carbocycles. The summed E-state index contributed by atoms with van der Waals surface area (Å²) in [6, 6.07) is 0.184. The quantitative estimate of drug-likeness (QED) is 0.500. The third kappa shape index (κ3) is 5.16. The highest BCUT2D eigenvalue weighted by Crippen LogP contribution is 2.59. The summed E-state index contributed by atoms with van der Waals surface area (Å²) in [5, 5.41) is 21.9. The summed E-state index contributed by atoms with van der Waals surface area (Å²) in [5.41, 5.74) is 0.164. The molecule has 5 rings (SSSR count). The molecule has 0 aromatic carbocycles. The molecule has 3 N–H and O–H groups in total. The monoisotopic (exact) mass is 474 g/mol. The number of rotatable bonds is 8. The van der Waals surface area contributed by atoms with Crippen LogP contribution in [0.15, 0.2) is 17.3 Å². The lowest BCUT2D eigenvalue weighted by Gasteiger charge is -2.59. The average molecular weight is 475 g/mol. The largest absolute Gasteiger partial charge is 0.396 e. The molecule has 4 bridgehead atoms. The molecule has 2 amide bonds. The third-order valence-corrected chi connectivity index (χ3v) is 8.61. The second-order valence-corrected chi connectivity index (χ2v) is 12.9. The molecular weight excluding hydrogens is 436 g/mol. The number of hydrogen-bond donors (Lipinski definition) is 3. The van der Waals surface area contributed by atoms with Gasteiger partial charge in [-0.2, -0.15) is 5.10 Å². The van der Waals surface area contributed by atoms with E-state index in [1.54, 1.807) is 22.6 Å². The SMILES string of the molecule is CC(=O)NC(C)(C)C=Cn1ncc(C(=O)NC2C3CC4CC2CC(CO)(C4)C3)c1SC(C)C. The summed E-state index contributed by atoms with van der Waals surface area (Å²) in [7, 11) is 0.